The van der Waals surface area contributed by atoms with E-state index in [2.05, 4.69) is 15.4 Å². The van der Waals surface area contributed by atoms with E-state index < -0.39 is 5.97 Å². The van der Waals surface area contributed by atoms with Gasteiger partial charge in [0.15, 0.2) is 5.82 Å². The maximum Gasteiger partial charge on any atom is 0.340 e. The molecule has 4 rings (SSSR count). The highest BCUT2D eigenvalue weighted by Crippen LogP contribution is 2.20. The number of nitrogens with one attached hydrogen (secondary N) is 1. The van der Waals surface area contributed by atoms with E-state index in [1.165, 1.54) is 6.20 Å². The van der Waals surface area contributed by atoms with Gasteiger partial charge in [-0.15, -0.1) is 0 Å². The monoisotopic (exact) mass is 400 g/mol. The summed E-state index contributed by atoms with van der Waals surface area (Å²) in [6.45, 7) is 3.79. The summed E-state index contributed by atoms with van der Waals surface area (Å²) < 4.78 is 6.69. The van der Waals surface area contributed by atoms with E-state index in [-0.39, 0.29) is 12.5 Å². The average Bonchev–Trinajstić information content (AvgIpc) is 3.15. The van der Waals surface area contributed by atoms with Crippen LogP contribution in [0.5, 0.6) is 0 Å². The zero-order valence-corrected chi connectivity index (χ0v) is 16.6. The van der Waals surface area contributed by atoms with Crippen molar-refractivity contribution in [2.75, 3.05) is 11.9 Å². The smallest absolute Gasteiger partial charge is 0.340 e. The van der Waals surface area contributed by atoms with Crippen LogP contribution in [0.3, 0.4) is 0 Å². The van der Waals surface area contributed by atoms with Crippen molar-refractivity contribution in [1.82, 2.24) is 14.8 Å². The molecule has 0 saturated carbocycles. The number of pyridine rings is 1. The second-order valence-corrected chi connectivity index (χ2v) is 6.64. The third-order valence-corrected chi connectivity index (χ3v) is 4.73. The van der Waals surface area contributed by atoms with Gasteiger partial charge in [0.25, 0.3) is 5.91 Å². The molecule has 30 heavy (non-hydrogen) atoms. The van der Waals surface area contributed by atoms with Gasteiger partial charge in [-0.1, -0.05) is 30.3 Å². The number of nitrogens with zero attached hydrogens (tertiary/aromatic N) is 3. The summed E-state index contributed by atoms with van der Waals surface area (Å²) in [4.78, 5) is 29.7. The highest BCUT2D eigenvalue weighted by atomic mass is 16.5. The highest BCUT2D eigenvalue weighted by molar-refractivity contribution is 6.08. The van der Waals surface area contributed by atoms with Crippen LogP contribution in [0.4, 0.5) is 5.69 Å². The lowest BCUT2D eigenvalue weighted by molar-refractivity contribution is 0.0527. The van der Waals surface area contributed by atoms with Crippen molar-refractivity contribution in [3.8, 4) is 5.82 Å². The van der Waals surface area contributed by atoms with Gasteiger partial charge in [-0.2, -0.15) is 5.10 Å². The van der Waals surface area contributed by atoms with Gasteiger partial charge in [-0.3, -0.25) is 4.79 Å². The summed E-state index contributed by atoms with van der Waals surface area (Å²) >= 11 is 0. The standard InChI is InChI=1S/C23H20N4O3/c1-3-30-23(29)17-9-5-7-11-20(17)26-22(28)18-14-24-27(15(18)2)21-13-12-16-8-4-6-10-19(16)25-21/h4-14H,3H2,1-2H3,(H,26,28). The summed E-state index contributed by atoms with van der Waals surface area (Å²) in [5.41, 5.74) is 2.57. The van der Waals surface area contributed by atoms with Gasteiger partial charge in [-0.25, -0.2) is 14.5 Å². The Balaban J connectivity index is 1.62. The molecular formula is C23H20N4O3. The van der Waals surface area contributed by atoms with Crippen LogP contribution in [0, 0.1) is 6.92 Å². The predicted molar refractivity (Wildman–Crippen MR) is 114 cm³/mol. The van der Waals surface area contributed by atoms with Crippen LogP contribution >= 0.6 is 0 Å². The van der Waals surface area contributed by atoms with Crippen molar-refractivity contribution in [1.29, 1.82) is 0 Å². The number of aromatic nitrogens is 3. The molecule has 0 radical (unpaired) electrons. The van der Waals surface area contributed by atoms with E-state index in [1.807, 2.05) is 36.4 Å². The number of anilines is 1. The van der Waals surface area contributed by atoms with E-state index in [4.69, 9.17) is 4.74 Å². The molecule has 2 heterocycles. The van der Waals surface area contributed by atoms with Gasteiger partial charge in [0.05, 0.1) is 40.8 Å². The summed E-state index contributed by atoms with van der Waals surface area (Å²) in [5, 5.41) is 8.16. The molecule has 0 saturated heterocycles. The first-order valence-corrected chi connectivity index (χ1v) is 9.56. The first kappa shape index (κ1) is 19.3. The Kier molecular flexibility index (Phi) is 5.26. The average molecular weight is 400 g/mol. The van der Waals surface area contributed by atoms with Crippen LogP contribution in [-0.4, -0.2) is 33.2 Å². The fourth-order valence-corrected chi connectivity index (χ4v) is 3.21. The molecule has 1 N–H and O–H groups in total. The van der Waals surface area contributed by atoms with Crippen LogP contribution < -0.4 is 5.32 Å². The number of rotatable bonds is 5. The molecule has 0 spiro atoms. The first-order chi connectivity index (χ1) is 14.6. The SMILES string of the molecule is CCOC(=O)c1ccccc1NC(=O)c1cnn(-c2ccc3ccccc3n2)c1C. The molecular weight excluding hydrogens is 380 g/mol. The lowest BCUT2D eigenvalue weighted by Gasteiger charge is -2.10. The summed E-state index contributed by atoms with van der Waals surface area (Å²) in [5.74, 6) is -0.227. The minimum atomic E-state index is -0.485. The minimum absolute atomic E-state index is 0.256. The molecule has 0 bridgehead atoms. The minimum Gasteiger partial charge on any atom is -0.462 e. The van der Waals surface area contributed by atoms with Crippen LogP contribution in [0.2, 0.25) is 0 Å². The van der Waals surface area contributed by atoms with Gasteiger partial charge in [-0.05, 0) is 44.2 Å². The van der Waals surface area contributed by atoms with Crippen molar-refractivity contribution >= 4 is 28.5 Å². The Hall–Kier alpha value is -4.00. The molecule has 7 nitrogen and oxygen atoms in total. The van der Waals surface area contributed by atoms with Crippen molar-refractivity contribution < 1.29 is 14.3 Å². The zero-order valence-electron chi connectivity index (χ0n) is 16.6. The number of amides is 1. The number of carbonyl (C=O) groups is 2. The van der Waals surface area contributed by atoms with Crippen LogP contribution in [-0.2, 0) is 4.74 Å². The normalized spacial score (nSPS) is 10.7. The third-order valence-electron chi connectivity index (χ3n) is 4.73. The fraction of sp³-hybridized carbons (Fsp3) is 0.130. The van der Waals surface area contributed by atoms with E-state index in [0.717, 1.165) is 10.9 Å². The molecule has 1 amide bonds. The number of hydrogen-bond donors (Lipinski definition) is 1. The Morgan fingerprint density at radius 1 is 1.00 bits per heavy atom. The van der Waals surface area contributed by atoms with Crippen LogP contribution in [0.1, 0.15) is 33.3 Å². The molecule has 0 aliphatic heterocycles. The highest BCUT2D eigenvalue weighted by Gasteiger charge is 2.19. The molecule has 0 aliphatic rings. The predicted octanol–water partition coefficient (Wildman–Crippen LogP) is 4.16. The quantitative estimate of drug-likeness (QED) is 0.509. The van der Waals surface area contributed by atoms with Gasteiger partial charge >= 0.3 is 5.97 Å². The van der Waals surface area contributed by atoms with Crippen LogP contribution in [0.25, 0.3) is 16.7 Å². The maximum atomic E-state index is 12.9. The van der Waals surface area contributed by atoms with Gasteiger partial charge in [0.2, 0.25) is 0 Å². The number of benzene rings is 2. The number of ether oxygens (including phenoxy) is 1. The van der Waals surface area contributed by atoms with E-state index in [9.17, 15) is 9.59 Å². The Morgan fingerprint density at radius 2 is 1.77 bits per heavy atom. The lowest BCUT2D eigenvalue weighted by atomic mass is 10.1. The Morgan fingerprint density at radius 3 is 2.60 bits per heavy atom. The van der Waals surface area contributed by atoms with E-state index in [0.29, 0.717) is 28.3 Å². The maximum absolute atomic E-state index is 12.9. The summed E-state index contributed by atoms with van der Waals surface area (Å²) in [6.07, 6.45) is 1.49. The molecule has 2 aromatic heterocycles. The first-order valence-electron chi connectivity index (χ1n) is 9.56. The Labute approximate surface area is 173 Å². The van der Waals surface area contributed by atoms with Crippen molar-refractivity contribution in [2.24, 2.45) is 0 Å². The van der Waals surface area contributed by atoms with Crippen molar-refractivity contribution in [2.45, 2.75) is 13.8 Å². The van der Waals surface area contributed by atoms with E-state index >= 15 is 0 Å². The topological polar surface area (TPSA) is 86.1 Å². The molecule has 0 unspecified atom stereocenters. The largest absolute Gasteiger partial charge is 0.462 e. The summed E-state index contributed by atoms with van der Waals surface area (Å²) in [7, 11) is 0. The molecule has 150 valence electrons. The Bertz CT molecular complexity index is 1250. The van der Waals surface area contributed by atoms with E-state index in [1.54, 1.807) is 42.8 Å². The van der Waals surface area contributed by atoms with Crippen LogP contribution in [0.15, 0.2) is 66.9 Å². The third kappa shape index (κ3) is 3.65. The fourth-order valence-electron chi connectivity index (χ4n) is 3.21. The van der Waals surface area contributed by atoms with Crippen molar-refractivity contribution in [3.05, 3.63) is 83.7 Å². The lowest BCUT2D eigenvalue weighted by Crippen LogP contribution is -2.16. The van der Waals surface area contributed by atoms with Gasteiger partial charge < -0.3 is 10.1 Å². The molecule has 7 heteroatoms. The second kappa shape index (κ2) is 8.16. The molecule has 2 aromatic carbocycles. The zero-order chi connectivity index (χ0) is 21.1. The number of para-hydroxylation sites is 2. The number of carbonyl (C=O) groups excluding carboxylic acids is 2. The molecule has 0 aliphatic carbocycles. The second-order valence-electron chi connectivity index (χ2n) is 6.64. The van der Waals surface area contributed by atoms with Gasteiger partial charge in [0.1, 0.15) is 0 Å². The molecule has 0 atom stereocenters. The van der Waals surface area contributed by atoms with Gasteiger partial charge in [0, 0.05) is 5.39 Å². The molecule has 4 aromatic rings. The number of esters is 1. The number of hydrogen-bond acceptors (Lipinski definition) is 5. The summed E-state index contributed by atoms with van der Waals surface area (Å²) in [6, 6.07) is 18.4. The van der Waals surface area contributed by atoms with Crippen molar-refractivity contribution in [3.63, 3.8) is 0 Å². The molecule has 0 fully saturated rings. The number of fused-ring (bicyclic) bond motifs is 1.